The second-order valence-corrected chi connectivity index (χ2v) is 6.02. The largest absolute Gasteiger partial charge is 0.370 e. The number of imidazole rings is 1. The van der Waals surface area contributed by atoms with Gasteiger partial charge in [-0.3, -0.25) is 0 Å². The van der Waals surface area contributed by atoms with E-state index in [0.29, 0.717) is 18.7 Å². The Labute approximate surface area is 147 Å². The Morgan fingerprint density at radius 2 is 2.04 bits per heavy atom. The van der Waals surface area contributed by atoms with Gasteiger partial charge in [0.1, 0.15) is 0 Å². The first kappa shape index (κ1) is 16.8. The number of carbonyl (C=O) groups is 1. The van der Waals surface area contributed by atoms with Gasteiger partial charge in [0, 0.05) is 57.3 Å². The quantitative estimate of drug-likeness (QED) is 0.920. The first-order valence-electron chi connectivity index (χ1n) is 8.50. The molecule has 0 atom stereocenters. The van der Waals surface area contributed by atoms with E-state index >= 15 is 0 Å². The average Bonchev–Trinajstić information content (AvgIpc) is 3.04. The molecule has 1 aromatic carbocycles. The molecule has 1 aliphatic rings. The fourth-order valence-electron chi connectivity index (χ4n) is 2.95. The number of carbonyl (C=O) groups excluding carboxylic acids is 1. The van der Waals surface area contributed by atoms with Gasteiger partial charge in [-0.2, -0.15) is 5.26 Å². The zero-order chi connectivity index (χ0) is 17.5. The molecule has 1 saturated heterocycles. The van der Waals surface area contributed by atoms with Crippen LogP contribution in [0.4, 0.5) is 10.5 Å². The summed E-state index contributed by atoms with van der Waals surface area (Å²) in [6, 6.07) is 9.74. The van der Waals surface area contributed by atoms with Crippen LogP contribution < -0.4 is 10.2 Å². The molecule has 1 N–H and O–H groups in total. The molecule has 3 rings (SSSR count). The molecule has 7 nitrogen and oxygen atoms in total. The third kappa shape index (κ3) is 4.51. The highest BCUT2D eigenvalue weighted by Crippen LogP contribution is 2.17. The number of amides is 2. The van der Waals surface area contributed by atoms with Crippen LogP contribution in [0, 0.1) is 11.3 Å². The van der Waals surface area contributed by atoms with E-state index in [4.69, 9.17) is 5.26 Å². The summed E-state index contributed by atoms with van der Waals surface area (Å²) in [5.41, 5.74) is 1.76. The van der Waals surface area contributed by atoms with E-state index in [-0.39, 0.29) is 6.03 Å². The van der Waals surface area contributed by atoms with Crippen LogP contribution in [-0.4, -0.2) is 53.2 Å². The van der Waals surface area contributed by atoms with E-state index in [1.54, 1.807) is 12.5 Å². The summed E-state index contributed by atoms with van der Waals surface area (Å²) in [4.78, 5) is 20.5. The van der Waals surface area contributed by atoms with E-state index in [2.05, 4.69) is 21.3 Å². The molecule has 2 aromatic rings. The Kier molecular flexibility index (Phi) is 5.52. The first-order valence-corrected chi connectivity index (χ1v) is 8.50. The van der Waals surface area contributed by atoms with Crippen LogP contribution in [-0.2, 0) is 6.54 Å². The first-order chi connectivity index (χ1) is 12.3. The molecule has 1 aromatic heterocycles. The van der Waals surface area contributed by atoms with Gasteiger partial charge < -0.3 is 19.7 Å². The van der Waals surface area contributed by atoms with Crippen molar-refractivity contribution in [1.29, 1.82) is 5.26 Å². The summed E-state index contributed by atoms with van der Waals surface area (Å²) < 4.78 is 1.94. The molecule has 25 heavy (non-hydrogen) atoms. The molecule has 0 bridgehead atoms. The molecule has 0 saturated carbocycles. The third-order valence-corrected chi connectivity index (χ3v) is 4.35. The van der Waals surface area contributed by atoms with Crippen molar-refractivity contribution in [2.45, 2.75) is 13.0 Å². The van der Waals surface area contributed by atoms with E-state index in [0.717, 1.165) is 38.3 Å². The number of nitrogens with one attached hydrogen (secondary N) is 1. The summed E-state index contributed by atoms with van der Waals surface area (Å²) in [6.07, 6.45) is 6.28. The van der Waals surface area contributed by atoms with Gasteiger partial charge >= 0.3 is 6.03 Å². The van der Waals surface area contributed by atoms with Gasteiger partial charge in [-0.15, -0.1) is 0 Å². The topological polar surface area (TPSA) is 77.2 Å². The van der Waals surface area contributed by atoms with Crippen molar-refractivity contribution in [3.63, 3.8) is 0 Å². The normalized spacial score (nSPS) is 14.7. The number of hydrogen-bond acceptors (Lipinski definition) is 4. The highest BCUT2D eigenvalue weighted by molar-refractivity contribution is 5.74. The molecule has 0 spiro atoms. The van der Waals surface area contributed by atoms with E-state index < -0.39 is 0 Å². The minimum Gasteiger partial charge on any atom is -0.370 e. The lowest BCUT2D eigenvalue weighted by molar-refractivity contribution is 0.201. The van der Waals surface area contributed by atoms with Crippen molar-refractivity contribution in [1.82, 2.24) is 19.8 Å². The second-order valence-electron chi connectivity index (χ2n) is 6.02. The summed E-state index contributed by atoms with van der Waals surface area (Å²) in [5, 5.41) is 11.9. The monoisotopic (exact) mass is 338 g/mol. The van der Waals surface area contributed by atoms with Crippen molar-refractivity contribution in [2.24, 2.45) is 0 Å². The Bertz CT molecular complexity index is 719. The van der Waals surface area contributed by atoms with Crippen LogP contribution in [0.3, 0.4) is 0 Å². The molecule has 0 unspecified atom stereocenters. The number of aromatic nitrogens is 2. The lowest BCUT2D eigenvalue weighted by atomic mass is 10.2. The van der Waals surface area contributed by atoms with Crippen molar-refractivity contribution in [3.05, 3.63) is 48.5 Å². The van der Waals surface area contributed by atoms with Gasteiger partial charge in [0.05, 0.1) is 18.0 Å². The number of anilines is 1. The minimum atomic E-state index is -0.0122. The maximum atomic E-state index is 12.3. The summed E-state index contributed by atoms with van der Waals surface area (Å²) >= 11 is 0. The van der Waals surface area contributed by atoms with Gasteiger partial charge in [-0.05, 0) is 30.7 Å². The molecule has 1 aliphatic heterocycles. The van der Waals surface area contributed by atoms with Crippen LogP contribution in [0.5, 0.6) is 0 Å². The molecule has 1 fully saturated rings. The van der Waals surface area contributed by atoms with Gasteiger partial charge in [0.2, 0.25) is 0 Å². The van der Waals surface area contributed by atoms with Gasteiger partial charge in [0.25, 0.3) is 0 Å². The zero-order valence-electron chi connectivity index (χ0n) is 14.1. The molecule has 0 aliphatic carbocycles. The fourth-order valence-corrected chi connectivity index (χ4v) is 2.95. The van der Waals surface area contributed by atoms with Crippen molar-refractivity contribution >= 4 is 11.7 Å². The smallest absolute Gasteiger partial charge is 0.317 e. The number of nitriles is 1. The third-order valence-electron chi connectivity index (χ3n) is 4.35. The molecule has 2 amide bonds. The zero-order valence-corrected chi connectivity index (χ0v) is 14.1. The van der Waals surface area contributed by atoms with Gasteiger partial charge in [-0.25, -0.2) is 9.78 Å². The van der Waals surface area contributed by atoms with Crippen LogP contribution in [0.1, 0.15) is 12.0 Å². The van der Waals surface area contributed by atoms with Crippen molar-refractivity contribution in [2.75, 3.05) is 37.6 Å². The Balaban J connectivity index is 1.48. The predicted molar refractivity (Wildman–Crippen MR) is 95.2 cm³/mol. The minimum absolute atomic E-state index is 0.0122. The summed E-state index contributed by atoms with van der Waals surface area (Å²) in [5.74, 6) is 0. The van der Waals surface area contributed by atoms with Crippen LogP contribution in [0.15, 0.2) is 43.0 Å². The molecular weight excluding hydrogens is 316 g/mol. The Morgan fingerprint density at radius 3 is 2.76 bits per heavy atom. The lowest BCUT2D eigenvalue weighted by Gasteiger charge is -2.24. The number of urea groups is 1. The predicted octanol–water partition coefficient (Wildman–Crippen LogP) is 1.68. The van der Waals surface area contributed by atoms with Gasteiger partial charge in [0.15, 0.2) is 0 Å². The van der Waals surface area contributed by atoms with Crippen LogP contribution >= 0.6 is 0 Å². The highest BCUT2D eigenvalue weighted by Gasteiger charge is 2.19. The molecule has 7 heteroatoms. The maximum Gasteiger partial charge on any atom is 0.317 e. The maximum absolute atomic E-state index is 12.3. The van der Waals surface area contributed by atoms with E-state index in [9.17, 15) is 4.79 Å². The van der Waals surface area contributed by atoms with Crippen LogP contribution in [0.2, 0.25) is 0 Å². The molecule has 0 radical (unpaired) electrons. The molecular formula is C18H22N6O. The van der Waals surface area contributed by atoms with E-state index in [1.165, 1.54) is 0 Å². The highest BCUT2D eigenvalue weighted by atomic mass is 16.2. The van der Waals surface area contributed by atoms with Crippen molar-refractivity contribution in [3.8, 4) is 6.07 Å². The summed E-state index contributed by atoms with van der Waals surface area (Å²) in [7, 11) is 0. The Morgan fingerprint density at radius 1 is 1.20 bits per heavy atom. The SMILES string of the molecule is N#Cc1ccc(N2CCCN(C(=O)NCCn3ccnc3)CC2)cc1. The summed E-state index contributed by atoms with van der Waals surface area (Å²) in [6.45, 7) is 4.45. The fraction of sp³-hybridized carbons (Fsp3) is 0.389. The lowest BCUT2D eigenvalue weighted by Crippen LogP contribution is -2.43. The van der Waals surface area contributed by atoms with Crippen molar-refractivity contribution < 1.29 is 4.79 Å². The number of rotatable bonds is 4. The standard InChI is InChI=1S/C18H22N6O/c19-14-16-2-4-17(5-3-16)23-8-1-9-24(13-12-23)18(25)21-7-11-22-10-6-20-15-22/h2-6,10,15H,1,7-9,11-13H2,(H,21,25). The van der Waals surface area contributed by atoms with Crippen LogP contribution in [0.25, 0.3) is 0 Å². The van der Waals surface area contributed by atoms with E-state index in [1.807, 2.05) is 39.9 Å². The Hall–Kier alpha value is -3.01. The number of benzene rings is 1. The molecule has 2 heterocycles. The molecule has 130 valence electrons. The average molecular weight is 338 g/mol. The number of nitrogens with zero attached hydrogens (tertiary/aromatic N) is 5. The van der Waals surface area contributed by atoms with Gasteiger partial charge in [-0.1, -0.05) is 0 Å². The number of hydrogen-bond donors (Lipinski definition) is 1. The second kappa shape index (κ2) is 8.20.